The lowest BCUT2D eigenvalue weighted by atomic mass is 9.95. The quantitative estimate of drug-likeness (QED) is 0.405. The van der Waals surface area contributed by atoms with Gasteiger partial charge in [0.2, 0.25) is 0 Å². The SMILES string of the molecule is CSc1ccc([N+](=O)[O-])c(C(=O)N2CCC(c3nc4ccccc4[nH]3)CC2)c1. The van der Waals surface area contributed by atoms with Gasteiger partial charge in [0.05, 0.1) is 16.0 Å². The van der Waals surface area contributed by atoms with Gasteiger partial charge in [-0.3, -0.25) is 14.9 Å². The van der Waals surface area contributed by atoms with E-state index >= 15 is 0 Å². The molecule has 0 saturated carbocycles. The summed E-state index contributed by atoms with van der Waals surface area (Å²) in [5, 5.41) is 11.3. The van der Waals surface area contributed by atoms with Crippen molar-refractivity contribution in [2.45, 2.75) is 23.7 Å². The summed E-state index contributed by atoms with van der Waals surface area (Å²) in [6, 6.07) is 12.6. The van der Waals surface area contributed by atoms with Crippen molar-refractivity contribution in [1.29, 1.82) is 0 Å². The summed E-state index contributed by atoms with van der Waals surface area (Å²) in [7, 11) is 0. The Morgan fingerprint density at radius 1 is 1.25 bits per heavy atom. The predicted octanol–water partition coefficient (Wildman–Crippen LogP) is 4.21. The van der Waals surface area contributed by atoms with Crippen LogP contribution in [0.3, 0.4) is 0 Å². The van der Waals surface area contributed by atoms with Crippen LogP contribution in [0.4, 0.5) is 5.69 Å². The maximum Gasteiger partial charge on any atom is 0.282 e. The third-order valence-electron chi connectivity index (χ3n) is 5.21. The topological polar surface area (TPSA) is 92.1 Å². The van der Waals surface area contributed by atoms with Gasteiger partial charge in [0.1, 0.15) is 11.4 Å². The lowest BCUT2D eigenvalue weighted by Crippen LogP contribution is -2.38. The predicted molar refractivity (Wildman–Crippen MR) is 109 cm³/mol. The number of benzene rings is 2. The van der Waals surface area contributed by atoms with Gasteiger partial charge < -0.3 is 9.88 Å². The number of hydrogen-bond donors (Lipinski definition) is 1. The number of rotatable bonds is 4. The molecule has 3 aromatic rings. The number of nitrogens with one attached hydrogen (secondary N) is 1. The maximum atomic E-state index is 13.0. The Labute approximate surface area is 166 Å². The van der Waals surface area contributed by atoms with Gasteiger partial charge in [-0.1, -0.05) is 12.1 Å². The minimum atomic E-state index is -0.488. The minimum absolute atomic E-state index is 0.137. The number of aromatic amines is 1. The molecule has 1 aliphatic heterocycles. The second kappa shape index (κ2) is 7.63. The zero-order valence-electron chi connectivity index (χ0n) is 15.4. The van der Waals surface area contributed by atoms with Gasteiger partial charge in [-0.15, -0.1) is 11.8 Å². The molecule has 1 amide bonds. The molecule has 2 heterocycles. The molecule has 0 unspecified atom stereocenters. The van der Waals surface area contributed by atoms with Gasteiger partial charge in [0.15, 0.2) is 0 Å². The molecule has 2 aromatic carbocycles. The molecule has 1 fully saturated rings. The average Bonchev–Trinajstić information content (AvgIpc) is 3.17. The number of piperidine rings is 1. The summed E-state index contributed by atoms with van der Waals surface area (Å²) in [5.41, 5.74) is 1.99. The third-order valence-corrected chi connectivity index (χ3v) is 5.93. The Morgan fingerprint density at radius 2 is 2.00 bits per heavy atom. The molecule has 0 spiro atoms. The van der Waals surface area contributed by atoms with Crippen molar-refractivity contribution in [2.75, 3.05) is 19.3 Å². The van der Waals surface area contributed by atoms with Crippen LogP contribution in [0.1, 0.15) is 34.9 Å². The fraction of sp³-hybridized carbons (Fsp3) is 0.300. The molecule has 8 heteroatoms. The molecule has 0 aliphatic carbocycles. The lowest BCUT2D eigenvalue weighted by molar-refractivity contribution is -0.385. The Kier molecular flexibility index (Phi) is 5.04. The van der Waals surface area contributed by atoms with Gasteiger partial charge in [0, 0.05) is 30.0 Å². The Hall–Kier alpha value is -2.87. The van der Waals surface area contributed by atoms with Crippen molar-refractivity contribution in [3.8, 4) is 0 Å². The largest absolute Gasteiger partial charge is 0.342 e. The molecule has 144 valence electrons. The van der Waals surface area contributed by atoms with Crippen molar-refractivity contribution in [3.05, 3.63) is 64.0 Å². The molecule has 0 atom stereocenters. The van der Waals surface area contributed by atoms with Crippen LogP contribution in [0.15, 0.2) is 47.4 Å². The average molecular weight is 396 g/mol. The molecule has 1 aliphatic rings. The summed E-state index contributed by atoms with van der Waals surface area (Å²) in [6.45, 7) is 1.11. The summed E-state index contributed by atoms with van der Waals surface area (Å²) >= 11 is 1.46. The maximum absolute atomic E-state index is 13.0. The molecule has 4 rings (SSSR count). The van der Waals surface area contributed by atoms with Crippen LogP contribution in [0, 0.1) is 10.1 Å². The number of H-pyrrole nitrogens is 1. The van der Waals surface area contributed by atoms with Gasteiger partial charge in [-0.25, -0.2) is 4.98 Å². The van der Waals surface area contributed by atoms with Gasteiger partial charge in [0.25, 0.3) is 11.6 Å². The first-order valence-electron chi connectivity index (χ1n) is 9.13. The lowest BCUT2D eigenvalue weighted by Gasteiger charge is -2.31. The van der Waals surface area contributed by atoms with Gasteiger partial charge in [-0.2, -0.15) is 0 Å². The van der Waals surface area contributed by atoms with Gasteiger partial charge >= 0.3 is 0 Å². The number of thioether (sulfide) groups is 1. The number of nitrogens with zero attached hydrogens (tertiary/aromatic N) is 3. The number of aromatic nitrogens is 2. The van der Waals surface area contributed by atoms with E-state index in [0.29, 0.717) is 13.1 Å². The normalized spacial score (nSPS) is 15.1. The van der Waals surface area contributed by atoms with Gasteiger partial charge in [-0.05, 0) is 43.4 Å². The number of likely N-dealkylation sites (tertiary alicyclic amines) is 1. The minimum Gasteiger partial charge on any atom is -0.342 e. The highest BCUT2D eigenvalue weighted by Gasteiger charge is 2.30. The summed E-state index contributed by atoms with van der Waals surface area (Å²) < 4.78 is 0. The van der Waals surface area contributed by atoms with E-state index in [2.05, 4.69) is 9.97 Å². The van der Waals surface area contributed by atoms with Crippen molar-refractivity contribution in [3.63, 3.8) is 0 Å². The number of hydrogen-bond acceptors (Lipinski definition) is 5. The Morgan fingerprint density at radius 3 is 2.68 bits per heavy atom. The molecular weight excluding hydrogens is 376 g/mol. The number of carbonyl (C=O) groups excluding carboxylic acids is 1. The number of fused-ring (bicyclic) bond motifs is 1. The molecule has 7 nitrogen and oxygen atoms in total. The van der Waals surface area contributed by atoms with Crippen LogP contribution in [-0.2, 0) is 0 Å². The van der Waals surface area contributed by atoms with Crippen LogP contribution >= 0.6 is 11.8 Å². The first kappa shape index (κ1) is 18.5. The van der Waals surface area contributed by atoms with Crippen molar-refractivity contribution in [1.82, 2.24) is 14.9 Å². The van der Waals surface area contributed by atoms with Crippen LogP contribution < -0.4 is 0 Å². The van der Waals surface area contributed by atoms with E-state index in [1.165, 1.54) is 17.8 Å². The first-order valence-corrected chi connectivity index (χ1v) is 10.4. The zero-order chi connectivity index (χ0) is 19.7. The van der Waals surface area contributed by atoms with Crippen LogP contribution in [0.2, 0.25) is 0 Å². The number of para-hydroxylation sites is 2. The van der Waals surface area contributed by atoms with E-state index in [1.54, 1.807) is 17.0 Å². The summed E-state index contributed by atoms with van der Waals surface area (Å²) in [4.78, 5) is 34.4. The van der Waals surface area contributed by atoms with Crippen molar-refractivity contribution < 1.29 is 9.72 Å². The summed E-state index contributed by atoms with van der Waals surface area (Å²) in [5.74, 6) is 0.929. The second-order valence-corrected chi connectivity index (χ2v) is 7.73. The van der Waals surface area contributed by atoms with E-state index in [4.69, 9.17) is 0 Å². The fourth-order valence-corrected chi connectivity index (χ4v) is 4.10. The fourth-order valence-electron chi connectivity index (χ4n) is 3.66. The number of amides is 1. The van der Waals surface area contributed by atoms with E-state index in [0.717, 1.165) is 34.6 Å². The van der Waals surface area contributed by atoms with Crippen LogP contribution in [0.25, 0.3) is 11.0 Å². The van der Waals surface area contributed by atoms with E-state index < -0.39 is 4.92 Å². The highest BCUT2D eigenvalue weighted by atomic mass is 32.2. The number of nitro groups is 1. The first-order chi connectivity index (χ1) is 13.6. The van der Waals surface area contributed by atoms with Crippen molar-refractivity contribution in [2.24, 2.45) is 0 Å². The zero-order valence-corrected chi connectivity index (χ0v) is 16.2. The Balaban J connectivity index is 1.50. The highest BCUT2D eigenvalue weighted by molar-refractivity contribution is 7.98. The van der Waals surface area contributed by atoms with Crippen LogP contribution in [0.5, 0.6) is 0 Å². The second-order valence-electron chi connectivity index (χ2n) is 6.85. The number of imidazole rings is 1. The molecule has 1 aromatic heterocycles. The highest BCUT2D eigenvalue weighted by Crippen LogP contribution is 2.31. The molecule has 0 bridgehead atoms. The third kappa shape index (κ3) is 3.47. The van der Waals surface area contributed by atoms with E-state index in [9.17, 15) is 14.9 Å². The Bertz CT molecular complexity index is 1010. The molecule has 0 radical (unpaired) electrons. The van der Waals surface area contributed by atoms with E-state index in [-0.39, 0.29) is 23.1 Å². The molecule has 1 N–H and O–H groups in total. The molecular formula is C20H20N4O3S. The smallest absolute Gasteiger partial charge is 0.282 e. The standard InChI is InChI=1S/C20H20N4O3S/c1-28-14-6-7-18(24(26)27)15(12-14)20(25)23-10-8-13(9-11-23)19-21-16-4-2-3-5-17(16)22-19/h2-7,12-13H,8-11H2,1H3,(H,21,22). The monoisotopic (exact) mass is 396 g/mol. The summed E-state index contributed by atoms with van der Waals surface area (Å²) in [6.07, 6.45) is 3.44. The molecule has 1 saturated heterocycles. The molecule has 28 heavy (non-hydrogen) atoms. The van der Waals surface area contributed by atoms with Crippen LogP contribution in [-0.4, -0.2) is 45.0 Å². The number of carbonyl (C=O) groups is 1. The number of nitro benzene ring substituents is 1. The van der Waals surface area contributed by atoms with Crippen molar-refractivity contribution >= 4 is 34.4 Å². The van der Waals surface area contributed by atoms with E-state index in [1.807, 2.05) is 30.5 Å².